The fourth-order valence-electron chi connectivity index (χ4n) is 7.77. The molecule has 11 aromatic rings. The van der Waals surface area contributed by atoms with Crippen LogP contribution in [0.15, 0.2) is 162 Å². The predicted molar refractivity (Wildman–Crippen MR) is 211 cm³/mol. The van der Waals surface area contributed by atoms with Gasteiger partial charge in [0.15, 0.2) is 11.4 Å². The molecule has 0 amide bonds. The molecule has 232 valence electrons. The number of hydrogen-bond donors (Lipinski definition) is 0. The van der Waals surface area contributed by atoms with E-state index in [9.17, 15) is 0 Å². The van der Waals surface area contributed by atoms with E-state index in [0.29, 0.717) is 11.4 Å². The Morgan fingerprint density at radius 3 is 1.84 bits per heavy atom. The quantitative estimate of drug-likeness (QED) is 0.178. The number of nitrogens with zero attached hydrogens (tertiary/aromatic N) is 2. The van der Waals surface area contributed by atoms with Crippen LogP contribution in [-0.2, 0) is 0 Å². The number of aromatic nitrogens is 2. The van der Waals surface area contributed by atoms with Crippen molar-refractivity contribution < 1.29 is 4.42 Å². The number of hydrogen-bond acceptors (Lipinski definition) is 4. The smallest absolute Gasteiger partial charge is 0.172 e. The van der Waals surface area contributed by atoms with Crippen molar-refractivity contribution in [3.8, 4) is 33.6 Å². The lowest BCUT2D eigenvalue weighted by Crippen LogP contribution is -1.89. The fourth-order valence-corrected chi connectivity index (χ4v) is 9.01. The van der Waals surface area contributed by atoms with Crippen LogP contribution in [0.5, 0.6) is 0 Å². The molecule has 0 atom stereocenters. The van der Waals surface area contributed by atoms with E-state index in [1.807, 2.05) is 17.5 Å². The van der Waals surface area contributed by atoms with E-state index in [4.69, 9.17) is 14.4 Å². The highest BCUT2D eigenvalue weighted by Crippen LogP contribution is 2.41. The first kappa shape index (κ1) is 27.6. The van der Waals surface area contributed by atoms with Gasteiger partial charge in [-0.25, -0.2) is 9.97 Å². The van der Waals surface area contributed by atoms with Crippen LogP contribution in [0.4, 0.5) is 0 Å². The van der Waals surface area contributed by atoms with E-state index in [0.717, 1.165) is 38.7 Å². The summed E-state index contributed by atoms with van der Waals surface area (Å²) >= 11 is 1.85. The number of benzene rings is 8. The molecule has 0 saturated carbocycles. The van der Waals surface area contributed by atoms with Crippen molar-refractivity contribution in [2.24, 2.45) is 0 Å². The average molecular weight is 655 g/mol. The summed E-state index contributed by atoms with van der Waals surface area (Å²) in [5, 5.41) is 11.2. The molecule has 0 bridgehead atoms. The molecule has 4 heteroatoms. The van der Waals surface area contributed by atoms with Gasteiger partial charge in [0.05, 0.1) is 6.20 Å². The van der Waals surface area contributed by atoms with Crippen LogP contribution in [-0.4, -0.2) is 9.97 Å². The molecular weight excluding hydrogens is 629 g/mol. The third-order valence-corrected chi connectivity index (χ3v) is 11.3. The van der Waals surface area contributed by atoms with Crippen LogP contribution < -0.4 is 0 Å². The third-order valence-electron chi connectivity index (χ3n) is 10.1. The first-order valence-electron chi connectivity index (χ1n) is 16.8. The van der Waals surface area contributed by atoms with Crippen LogP contribution in [0, 0.1) is 0 Å². The summed E-state index contributed by atoms with van der Waals surface area (Å²) in [7, 11) is 0. The fraction of sp³-hybridized carbons (Fsp3) is 0. The van der Waals surface area contributed by atoms with Gasteiger partial charge in [-0.3, -0.25) is 0 Å². The Hall–Kier alpha value is -6.36. The van der Waals surface area contributed by atoms with Crippen molar-refractivity contribution >= 4 is 85.9 Å². The number of thiophene rings is 1. The van der Waals surface area contributed by atoms with Crippen molar-refractivity contribution in [2.75, 3.05) is 0 Å². The zero-order chi connectivity index (χ0) is 32.8. The molecule has 0 aliphatic heterocycles. The summed E-state index contributed by atoms with van der Waals surface area (Å²) in [6.07, 6.45) is 1.81. The van der Waals surface area contributed by atoms with E-state index in [1.165, 1.54) is 58.1 Å². The monoisotopic (exact) mass is 654 g/mol. The zero-order valence-electron chi connectivity index (χ0n) is 26.7. The third kappa shape index (κ3) is 4.09. The Labute approximate surface area is 290 Å². The molecule has 0 unspecified atom stereocenters. The highest BCUT2D eigenvalue weighted by atomic mass is 32.1. The Kier molecular flexibility index (Phi) is 5.83. The maximum absolute atomic E-state index is 6.26. The molecule has 3 aromatic heterocycles. The summed E-state index contributed by atoms with van der Waals surface area (Å²) < 4.78 is 8.86. The van der Waals surface area contributed by atoms with Crippen LogP contribution in [0.2, 0.25) is 0 Å². The molecule has 0 spiro atoms. The van der Waals surface area contributed by atoms with E-state index in [2.05, 4.69) is 152 Å². The molecule has 0 aliphatic carbocycles. The minimum Gasteiger partial charge on any atom is -0.453 e. The second kappa shape index (κ2) is 10.6. The second-order valence-corrected chi connectivity index (χ2v) is 14.0. The van der Waals surface area contributed by atoms with Gasteiger partial charge in [0.25, 0.3) is 0 Å². The highest BCUT2D eigenvalue weighted by molar-refractivity contribution is 7.26. The normalized spacial score (nSPS) is 12.0. The molecule has 8 aromatic carbocycles. The Balaban J connectivity index is 1.04. The summed E-state index contributed by atoms with van der Waals surface area (Å²) in [4.78, 5) is 9.89. The van der Waals surface area contributed by atoms with Gasteiger partial charge in [-0.2, -0.15) is 0 Å². The minimum absolute atomic E-state index is 0.681. The van der Waals surface area contributed by atoms with Crippen molar-refractivity contribution in [3.05, 3.63) is 158 Å². The van der Waals surface area contributed by atoms with Gasteiger partial charge in [0, 0.05) is 31.1 Å². The van der Waals surface area contributed by atoms with Gasteiger partial charge in [-0.1, -0.05) is 121 Å². The molecule has 3 nitrogen and oxygen atoms in total. The highest BCUT2D eigenvalue weighted by Gasteiger charge is 2.16. The van der Waals surface area contributed by atoms with Gasteiger partial charge in [0.2, 0.25) is 0 Å². The van der Waals surface area contributed by atoms with Crippen LogP contribution in [0.1, 0.15) is 0 Å². The maximum Gasteiger partial charge on any atom is 0.172 e. The zero-order valence-corrected chi connectivity index (χ0v) is 27.5. The molecular formula is C46H26N2OS. The van der Waals surface area contributed by atoms with E-state index < -0.39 is 0 Å². The number of rotatable bonds is 3. The van der Waals surface area contributed by atoms with Gasteiger partial charge in [0.1, 0.15) is 11.1 Å². The molecule has 11 rings (SSSR count). The molecule has 3 heterocycles. The number of furan rings is 1. The number of fused-ring (bicyclic) bond motifs is 12. The summed E-state index contributed by atoms with van der Waals surface area (Å²) in [6.45, 7) is 0. The lowest BCUT2D eigenvalue weighted by atomic mass is 9.92. The molecule has 0 N–H and O–H groups in total. The van der Waals surface area contributed by atoms with Gasteiger partial charge in [-0.05, 0) is 84.9 Å². The Bertz CT molecular complexity index is 3130. The summed E-state index contributed by atoms with van der Waals surface area (Å²) in [5.41, 5.74) is 7.94. The van der Waals surface area contributed by atoms with Crippen molar-refractivity contribution in [1.82, 2.24) is 9.97 Å². The first-order chi connectivity index (χ1) is 24.8. The summed E-state index contributed by atoms with van der Waals surface area (Å²) in [6, 6.07) is 54.4. The van der Waals surface area contributed by atoms with Gasteiger partial charge >= 0.3 is 0 Å². The SMILES string of the molecule is c1cc(-c2ncc3oc4ccc(-c5ccc6c7ccccc7c7ccccc7c6c5)cc4c3n2)cc(-c2cccc3c2sc2ccccc23)c1. The van der Waals surface area contributed by atoms with Crippen LogP contribution in [0.3, 0.4) is 0 Å². The van der Waals surface area contributed by atoms with Crippen molar-refractivity contribution in [1.29, 1.82) is 0 Å². The summed E-state index contributed by atoms with van der Waals surface area (Å²) in [5.74, 6) is 0.681. The molecule has 0 aliphatic rings. The van der Waals surface area contributed by atoms with Crippen LogP contribution >= 0.6 is 11.3 Å². The van der Waals surface area contributed by atoms with E-state index in [1.54, 1.807) is 0 Å². The Morgan fingerprint density at radius 2 is 1.04 bits per heavy atom. The molecule has 0 radical (unpaired) electrons. The van der Waals surface area contributed by atoms with E-state index >= 15 is 0 Å². The van der Waals surface area contributed by atoms with Gasteiger partial charge < -0.3 is 4.42 Å². The minimum atomic E-state index is 0.681. The first-order valence-corrected chi connectivity index (χ1v) is 17.6. The second-order valence-electron chi connectivity index (χ2n) is 12.9. The molecule has 0 fully saturated rings. The average Bonchev–Trinajstić information content (AvgIpc) is 3.75. The van der Waals surface area contributed by atoms with E-state index in [-0.39, 0.29) is 0 Å². The standard InChI is InChI=1S/C46H26N2OS/c1-2-13-34-32(11-1)33-12-3-4-14-35(33)39-24-27(19-21-36(34)39)28-20-22-41-40(25-28)44-42(49-41)26-47-46(48-44)30-10-7-9-29(23-30)31-16-8-17-38-37-15-5-6-18-43(37)50-45(31)38/h1-26H. The molecule has 0 saturated heterocycles. The van der Waals surface area contributed by atoms with Crippen molar-refractivity contribution in [3.63, 3.8) is 0 Å². The Morgan fingerprint density at radius 1 is 0.420 bits per heavy atom. The largest absolute Gasteiger partial charge is 0.453 e. The van der Waals surface area contributed by atoms with Crippen LogP contribution in [0.25, 0.3) is 108 Å². The van der Waals surface area contributed by atoms with Gasteiger partial charge in [-0.15, -0.1) is 11.3 Å². The topological polar surface area (TPSA) is 38.9 Å². The maximum atomic E-state index is 6.26. The molecule has 50 heavy (non-hydrogen) atoms. The lowest BCUT2D eigenvalue weighted by Gasteiger charge is -2.12. The lowest BCUT2D eigenvalue weighted by molar-refractivity contribution is 0.666. The van der Waals surface area contributed by atoms with Crippen molar-refractivity contribution in [2.45, 2.75) is 0 Å². The predicted octanol–water partition coefficient (Wildman–Crippen LogP) is 13.2.